The number of carboxylic acid groups (broad SMARTS) is 3. The van der Waals surface area contributed by atoms with Crippen LogP contribution in [0.4, 0.5) is 4.79 Å². The zero-order chi connectivity index (χ0) is 30.0. The summed E-state index contributed by atoms with van der Waals surface area (Å²) in [7, 11) is 0. The number of amides is 3. The third kappa shape index (κ3) is 15.2. The maximum atomic E-state index is 12.3. The Hall–Kier alpha value is -3.86. The third-order valence-electron chi connectivity index (χ3n) is 6.02. The molecule has 1 aromatic heterocycles. The first-order valence-electron chi connectivity index (χ1n) is 13.2. The third-order valence-corrected chi connectivity index (χ3v) is 6.02. The number of aliphatic carboxylic acids is 3. The van der Waals surface area contributed by atoms with Crippen molar-refractivity contribution in [3.05, 3.63) is 66.0 Å². The Morgan fingerprint density at radius 1 is 0.857 bits per heavy atom. The summed E-state index contributed by atoms with van der Waals surface area (Å²) in [5, 5.41) is 34.1. The van der Waals surface area contributed by atoms with Gasteiger partial charge in [0.1, 0.15) is 12.1 Å². The van der Waals surface area contributed by atoms with E-state index in [0.717, 1.165) is 24.2 Å². The molecule has 42 heavy (non-hydrogen) atoms. The molecule has 2 aromatic rings. The van der Waals surface area contributed by atoms with Gasteiger partial charge in [-0.15, -0.1) is 5.56 Å². The Bertz CT molecular complexity index is 1100. The molecule has 1 aromatic carbocycles. The molecule has 3 amide bonds. The molecule has 0 saturated heterocycles. The van der Waals surface area contributed by atoms with E-state index >= 15 is 0 Å². The number of aromatic nitrogens is 1. The van der Waals surface area contributed by atoms with Crippen LogP contribution < -0.4 is 16.0 Å². The van der Waals surface area contributed by atoms with Crippen molar-refractivity contribution in [3.63, 3.8) is 0 Å². The molecule has 1 heterocycles. The van der Waals surface area contributed by atoms with Gasteiger partial charge >= 0.3 is 23.9 Å². The summed E-state index contributed by atoms with van der Waals surface area (Å²) >= 11 is 0. The fourth-order valence-electron chi connectivity index (χ4n) is 3.90. The molecule has 229 valence electrons. The second-order valence-corrected chi connectivity index (χ2v) is 9.35. The Morgan fingerprint density at radius 2 is 1.52 bits per heavy atom. The fourth-order valence-corrected chi connectivity index (χ4v) is 3.90. The van der Waals surface area contributed by atoms with Crippen molar-refractivity contribution in [2.24, 2.45) is 0 Å². The van der Waals surface area contributed by atoms with E-state index < -0.39 is 42.4 Å². The summed E-state index contributed by atoms with van der Waals surface area (Å²) in [5.41, 5.74) is 2.01. The van der Waals surface area contributed by atoms with Crippen molar-refractivity contribution in [1.29, 1.82) is 0 Å². The Morgan fingerprint density at radius 3 is 2.10 bits per heavy atom. The van der Waals surface area contributed by atoms with E-state index in [0.29, 0.717) is 26.1 Å². The minimum Gasteiger partial charge on any atom is -0.481 e. The number of carbonyl (C=O) groups is 5. The number of nitrogens with zero attached hydrogens (tertiary/aromatic N) is 2. The molecule has 1 radical (unpaired) electrons. The second kappa shape index (κ2) is 20.1. The summed E-state index contributed by atoms with van der Waals surface area (Å²) in [4.78, 5) is 64.4. The Kier molecular flexibility index (Phi) is 17.3. The van der Waals surface area contributed by atoms with Crippen molar-refractivity contribution in [1.82, 2.24) is 25.8 Å². The number of rotatable bonds is 19. The minimum absolute atomic E-state index is 0. The van der Waals surface area contributed by atoms with Gasteiger partial charge in [0.25, 0.3) is 0 Å². The number of unbranched alkanes of at least 4 members (excludes halogenated alkanes) is 1. The molecule has 0 bridgehead atoms. The SMILES string of the molecule is O=C(O)CC[C@H](NC(=O)N[C@@H](CCC(=O)NCCCCN(Cc1[c-]cccc1)Cc1ccccn1)C(=O)O)C(=O)O.[Re]. The zero-order valence-corrected chi connectivity index (χ0v) is 25.7. The number of pyridine rings is 1. The van der Waals surface area contributed by atoms with Gasteiger partial charge in [-0.1, -0.05) is 6.07 Å². The smallest absolute Gasteiger partial charge is 0.326 e. The van der Waals surface area contributed by atoms with Crippen molar-refractivity contribution in [3.8, 4) is 0 Å². The first kappa shape index (κ1) is 36.2. The van der Waals surface area contributed by atoms with Crippen molar-refractivity contribution >= 4 is 29.8 Å². The first-order valence-corrected chi connectivity index (χ1v) is 13.2. The molecule has 13 nitrogen and oxygen atoms in total. The normalized spacial score (nSPS) is 11.9. The van der Waals surface area contributed by atoms with E-state index in [2.05, 4.69) is 26.6 Å². The number of nitrogens with one attached hydrogen (secondary N) is 3. The van der Waals surface area contributed by atoms with E-state index in [4.69, 9.17) is 10.2 Å². The maximum Gasteiger partial charge on any atom is 0.326 e. The van der Waals surface area contributed by atoms with Crippen LogP contribution in [0.25, 0.3) is 0 Å². The summed E-state index contributed by atoms with van der Waals surface area (Å²) in [6.07, 6.45) is 1.99. The van der Waals surface area contributed by atoms with Gasteiger partial charge in [-0.05, 0) is 44.4 Å². The molecule has 0 aliphatic carbocycles. The predicted octanol–water partition coefficient (Wildman–Crippen LogP) is 1.63. The standard InChI is InChI=1S/C28H36N5O8.Re/c34-24(13-11-22(26(37)38)31-28(41)32-23(27(39)40)12-14-25(35)36)30-16-6-7-17-33(18-20-8-2-1-3-9-20)19-21-10-4-5-15-29-21;/h1-5,8,10,15,22-23H,6-7,11-14,16-19H2,(H,30,34)(H,35,36)(H,37,38)(H,39,40)(H2,31,32,41);/q-1;/t22-,23-;/m0./s1. The van der Waals surface area contributed by atoms with E-state index in [-0.39, 0.29) is 45.6 Å². The maximum absolute atomic E-state index is 12.3. The largest absolute Gasteiger partial charge is 0.481 e. The van der Waals surface area contributed by atoms with Crippen molar-refractivity contribution in [2.75, 3.05) is 13.1 Å². The van der Waals surface area contributed by atoms with Gasteiger partial charge in [-0.3, -0.25) is 19.5 Å². The van der Waals surface area contributed by atoms with Gasteiger partial charge < -0.3 is 31.3 Å². The average molecular weight is 757 g/mol. The van der Waals surface area contributed by atoms with Gasteiger partial charge in [0, 0.05) is 59.1 Å². The zero-order valence-electron chi connectivity index (χ0n) is 23.0. The molecule has 0 spiro atoms. The number of hydrogen-bond acceptors (Lipinski definition) is 7. The molecule has 0 fully saturated rings. The summed E-state index contributed by atoms with van der Waals surface area (Å²) in [6.45, 7) is 2.52. The number of carboxylic acids is 3. The van der Waals surface area contributed by atoms with E-state index in [1.807, 2.05) is 47.8 Å². The number of benzene rings is 1. The summed E-state index contributed by atoms with van der Waals surface area (Å²) < 4.78 is 0. The van der Waals surface area contributed by atoms with Crippen LogP contribution in [0.1, 0.15) is 49.8 Å². The minimum atomic E-state index is -1.51. The van der Waals surface area contributed by atoms with Crippen LogP contribution >= 0.6 is 0 Å². The molecule has 14 heteroatoms. The van der Waals surface area contributed by atoms with Crippen LogP contribution in [-0.4, -0.2) is 80.2 Å². The topological polar surface area (TPSA) is 198 Å². The summed E-state index contributed by atoms with van der Waals surface area (Å²) in [6, 6.07) is 12.7. The fraction of sp³-hybridized carbons (Fsp3) is 0.429. The first-order chi connectivity index (χ1) is 19.6. The van der Waals surface area contributed by atoms with E-state index in [1.54, 1.807) is 6.20 Å². The van der Waals surface area contributed by atoms with Gasteiger partial charge in [-0.2, -0.15) is 30.3 Å². The molecule has 0 aliphatic rings. The molecular weight excluding hydrogens is 721 g/mol. The molecule has 0 saturated carbocycles. The predicted molar refractivity (Wildman–Crippen MR) is 146 cm³/mol. The van der Waals surface area contributed by atoms with E-state index in [1.165, 1.54) is 0 Å². The van der Waals surface area contributed by atoms with Crippen LogP contribution in [0, 0.1) is 6.07 Å². The molecule has 6 N–H and O–H groups in total. The van der Waals surface area contributed by atoms with Gasteiger partial charge in [0.05, 0.1) is 5.69 Å². The number of urea groups is 1. The molecule has 2 rings (SSSR count). The van der Waals surface area contributed by atoms with E-state index in [9.17, 15) is 29.1 Å². The molecule has 2 atom stereocenters. The monoisotopic (exact) mass is 757 g/mol. The molecule has 0 aliphatic heterocycles. The van der Waals surface area contributed by atoms with Crippen molar-refractivity contribution < 1.29 is 59.7 Å². The average Bonchev–Trinajstić information content (AvgIpc) is 2.93. The van der Waals surface area contributed by atoms with Crippen LogP contribution in [-0.2, 0) is 52.7 Å². The van der Waals surface area contributed by atoms with Crippen molar-refractivity contribution in [2.45, 2.75) is 63.7 Å². The quantitative estimate of drug-likeness (QED) is 0.0906. The number of hydrogen-bond donors (Lipinski definition) is 6. The van der Waals surface area contributed by atoms with Crippen LogP contribution in [0.2, 0.25) is 0 Å². The molecular formula is C28H36N5O8Re-. The summed E-state index contributed by atoms with van der Waals surface area (Å²) in [5.74, 6) is -4.46. The van der Waals surface area contributed by atoms with Crippen LogP contribution in [0.15, 0.2) is 48.7 Å². The van der Waals surface area contributed by atoms with Gasteiger partial charge in [0.15, 0.2) is 0 Å². The van der Waals surface area contributed by atoms with Gasteiger partial charge in [-0.25, -0.2) is 14.4 Å². The van der Waals surface area contributed by atoms with Gasteiger partial charge in [0.2, 0.25) is 5.91 Å². The Labute approximate surface area is 257 Å². The van der Waals surface area contributed by atoms with Crippen LogP contribution in [0.5, 0.6) is 0 Å². The second-order valence-electron chi connectivity index (χ2n) is 9.35. The molecule has 0 unspecified atom stereocenters. The number of carbonyl (C=O) groups excluding carboxylic acids is 2. The Balaban J connectivity index is 0.00000882. The van der Waals surface area contributed by atoms with Crippen LogP contribution in [0.3, 0.4) is 0 Å².